The lowest BCUT2D eigenvalue weighted by Gasteiger charge is -2.27. The zero-order chi connectivity index (χ0) is 32.7. The number of fused-ring (bicyclic) bond motifs is 9. The predicted molar refractivity (Wildman–Crippen MR) is 206 cm³/mol. The second kappa shape index (κ2) is 10.4. The average molecular weight is 628 g/mol. The number of benzene rings is 8. The Hall–Kier alpha value is -6.12. The monoisotopic (exact) mass is 627 g/mol. The van der Waals surface area contributed by atoms with E-state index in [1.165, 1.54) is 49.5 Å². The highest BCUT2D eigenvalue weighted by Crippen LogP contribution is 2.52. The molecule has 2 nitrogen and oxygen atoms in total. The first-order valence-corrected chi connectivity index (χ1v) is 17.0. The summed E-state index contributed by atoms with van der Waals surface area (Å²) in [6.45, 7) is 4.68. The van der Waals surface area contributed by atoms with E-state index in [1.807, 2.05) is 0 Å². The van der Waals surface area contributed by atoms with Gasteiger partial charge in [-0.05, 0) is 74.5 Å². The van der Waals surface area contributed by atoms with Crippen LogP contribution in [-0.2, 0) is 5.41 Å². The van der Waals surface area contributed by atoms with Crippen LogP contribution in [0.5, 0.6) is 0 Å². The molecule has 0 aliphatic heterocycles. The van der Waals surface area contributed by atoms with Gasteiger partial charge in [0, 0.05) is 32.6 Å². The quantitative estimate of drug-likeness (QED) is 0.193. The molecule has 1 aromatic heterocycles. The molecule has 0 N–H and O–H groups in total. The summed E-state index contributed by atoms with van der Waals surface area (Å²) in [4.78, 5) is 2.37. The largest absolute Gasteiger partial charge is 0.453 e. The van der Waals surface area contributed by atoms with Gasteiger partial charge in [0.05, 0.1) is 11.4 Å². The standard InChI is InChI=1S/C47H33NO/c1-47(2)40-20-8-7-17-39(40)44-35(18-10-21-41(44)47)32-24-27-33(28-25-32)48(42-22-9-14-30-12-3-5-15-34(30)42)43-23-11-19-37-38-29-26-31-13-4-6-16-36(31)45(38)49-46(37)43/h3-29H,1-2H3. The number of anilines is 3. The molecule has 9 aromatic rings. The fraction of sp³-hybridized carbons (Fsp3) is 0.0638. The van der Waals surface area contributed by atoms with Crippen LogP contribution in [0.2, 0.25) is 0 Å². The lowest BCUT2D eigenvalue weighted by Crippen LogP contribution is -2.14. The predicted octanol–water partition coefficient (Wildman–Crippen LogP) is 13.3. The van der Waals surface area contributed by atoms with E-state index in [0.717, 1.165) is 44.4 Å². The Bertz CT molecular complexity index is 2740. The molecule has 0 unspecified atom stereocenters. The molecule has 0 saturated carbocycles. The van der Waals surface area contributed by atoms with Crippen LogP contribution in [0.4, 0.5) is 17.1 Å². The number of hydrogen-bond donors (Lipinski definition) is 0. The third-order valence-electron chi connectivity index (χ3n) is 10.7. The normalized spacial score (nSPS) is 13.3. The maximum atomic E-state index is 6.89. The van der Waals surface area contributed by atoms with Gasteiger partial charge >= 0.3 is 0 Å². The van der Waals surface area contributed by atoms with Crippen LogP contribution >= 0.6 is 0 Å². The first-order valence-electron chi connectivity index (χ1n) is 17.0. The van der Waals surface area contributed by atoms with E-state index in [-0.39, 0.29) is 5.41 Å². The van der Waals surface area contributed by atoms with Gasteiger partial charge in [-0.2, -0.15) is 0 Å². The van der Waals surface area contributed by atoms with Crippen molar-refractivity contribution in [1.29, 1.82) is 0 Å². The minimum atomic E-state index is -0.0381. The fourth-order valence-electron chi connectivity index (χ4n) is 8.28. The highest BCUT2D eigenvalue weighted by molar-refractivity contribution is 6.18. The van der Waals surface area contributed by atoms with Gasteiger partial charge in [-0.25, -0.2) is 0 Å². The van der Waals surface area contributed by atoms with E-state index < -0.39 is 0 Å². The highest BCUT2D eigenvalue weighted by Gasteiger charge is 2.36. The Morgan fingerprint density at radius 2 is 1.02 bits per heavy atom. The number of para-hydroxylation sites is 1. The first kappa shape index (κ1) is 27.9. The van der Waals surface area contributed by atoms with E-state index >= 15 is 0 Å². The van der Waals surface area contributed by atoms with Crippen molar-refractivity contribution in [1.82, 2.24) is 0 Å². The molecule has 49 heavy (non-hydrogen) atoms. The topological polar surface area (TPSA) is 16.4 Å². The van der Waals surface area contributed by atoms with Gasteiger partial charge in [0.15, 0.2) is 5.58 Å². The summed E-state index contributed by atoms with van der Waals surface area (Å²) in [5.41, 5.74) is 12.9. The summed E-state index contributed by atoms with van der Waals surface area (Å²) in [5, 5.41) is 6.93. The lowest BCUT2D eigenvalue weighted by molar-refractivity contribution is 0.660. The van der Waals surface area contributed by atoms with E-state index in [0.29, 0.717) is 0 Å². The summed E-state index contributed by atoms with van der Waals surface area (Å²) in [6, 6.07) is 59.3. The van der Waals surface area contributed by atoms with E-state index in [1.54, 1.807) is 0 Å². The van der Waals surface area contributed by atoms with Gasteiger partial charge in [0.25, 0.3) is 0 Å². The van der Waals surface area contributed by atoms with Crippen LogP contribution in [-0.4, -0.2) is 0 Å². The number of nitrogens with zero attached hydrogens (tertiary/aromatic N) is 1. The van der Waals surface area contributed by atoms with Crippen molar-refractivity contribution in [3.63, 3.8) is 0 Å². The van der Waals surface area contributed by atoms with Gasteiger partial charge in [0.2, 0.25) is 0 Å². The molecule has 2 heteroatoms. The van der Waals surface area contributed by atoms with Crippen LogP contribution in [0, 0.1) is 0 Å². The minimum absolute atomic E-state index is 0.0381. The average Bonchev–Trinajstić information content (AvgIpc) is 3.65. The third-order valence-corrected chi connectivity index (χ3v) is 10.7. The molecule has 0 bridgehead atoms. The van der Waals surface area contributed by atoms with Gasteiger partial charge < -0.3 is 9.32 Å². The van der Waals surface area contributed by atoms with Gasteiger partial charge in [0.1, 0.15) is 5.58 Å². The SMILES string of the molecule is CC1(C)c2ccccc2-c2c(-c3ccc(N(c4cccc5ccccc45)c4cccc5c4oc4c6ccccc6ccc54)cc3)cccc21. The van der Waals surface area contributed by atoms with Crippen LogP contribution in [0.25, 0.3) is 65.7 Å². The van der Waals surface area contributed by atoms with Gasteiger partial charge in [-0.3, -0.25) is 0 Å². The van der Waals surface area contributed by atoms with Crippen molar-refractivity contribution in [2.75, 3.05) is 4.90 Å². The van der Waals surface area contributed by atoms with Crippen molar-refractivity contribution < 1.29 is 4.42 Å². The molecule has 10 rings (SSSR count). The maximum absolute atomic E-state index is 6.89. The smallest absolute Gasteiger partial charge is 0.159 e. The highest BCUT2D eigenvalue weighted by atomic mass is 16.3. The fourth-order valence-corrected chi connectivity index (χ4v) is 8.28. The molecule has 0 amide bonds. The third kappa shape index (κ3) is 4.07. The number of furan rings is 1. The van der Waals surface area contributed by atoms with E-state index in [9.17, 15) is 0 Å². The van der Waals surface area contributed by atoms with E-state index in [2.05, 4.69) is 183 Å². The van der Waals surface area contributed by atoms with Crippen molar-refractivity contribution in [3.05, 3.63) is 175 Å². The van der Waals surface area contributed by atoms with Crippen LogP contribution in [0.3, 0.4) is 0 Å². The Kier molecular flexibility index (Phi) is 5.95. The second-order valence-corrected chi connectivity index (χ2v) is 13.7. The number of rotatable bonds is 4. The molecule has 0 atom stereocenters. The van der Waals surface area contributed by atoms with Crippen molar-refractivity contribution in [2.45, 2.75) is 19.3 Å². The molecule has 1 aliphatic rings. The zero-order valence-electron chi connectivity index (χ0n) is 27.4. The lowest BCUT2D eigenvalue weighted by atomic mass is 9.82. The first-order chi connectivity index (χ1) is 24.1. The molecule has 8 aromatic carbocycles. The van der Waals surface area contributed by atoms with E-state index in [4.69, 9.17) is 4.42 Å². The molecule has 1 heterocycles. The molecule has 0 fully saturated rings. The second-order valence-electron chi connectivity index (χ2n) is 13.7. The number of hydrogen-bond acceptors (Lipinski definition) is 2. The summed E-state index contributed by atoms with van der Waals surface area (Å²) in [6.07, 6.45) is 0. The summed E-state index contributed by atoms with van der Waals surface area (Å²) >= 11 is 0. The van der Waals surface area contributed by atoms with Crippen molar-refractivity contribution >= 4 is 60.5 Å². The van der Waals surface area contributed by atoms with Crippen LogP contribution < -0.4 is 4.90 Å². The van der Waals surface area contributed by atoms with Gasteiger partial charge in [-0.15, -0.1) is 0 Å². The Morgan fingerprint density at radius 1 is 0.429 bits per heavy atom. The molecule has 232 valence electrons. The molecular weight excluding hydrogens is 595 g/mol. The summed E-state index contributed by atoms with van der Waals surface area (Å²) in [5.74, 6) is 0. The summed E-state index contributed by atoms with van der Waals surface area (Å²) in [7, 11) is 0. The maximum Gasteiger partial charge on any atom is 0.159 e. The molecular formula is C47H33NO. The van der Waals surface area contributed by atoms with Crippen LogP contribution in [0.15, 0.2) is 168 Å². The van der Waals surface area contributed by atoms with Crippen molar-refractivity contribution in [2.24, 2.45) is 0 Å². The summed E-state index contributed by atoms with van der Waals surface area (Å²) < 4.78 is 6.89. The van der Waals surface area contributed by atoms with Gasteiger partial charge in [-0.1, -0.05) is 147 Å². The Balaban J connectivity index is 1.19. The van der Waals surface area contributed by atoms with Crippen molar-refractivity contribution in [3.8, 4) is 22.3 Å². The molecule has 0 radical (unpaired) electrons. The molecule has 0 saturated heterocycles. The minimum Gasteiger partial charge on any atom is -0.453 e. The molecule has 1 aliphatic carbocycles. The Labute approximate surface area is 285 Å². The Morgan fingerprint density at radius 3 is 1.88 bits per heavy atom. The molecule has 0 spiro atoms. The van der Waals surface area contributed by atoms with Crippen LogP contribution in [0.1, 0.15) is 25.0 Å². The zero-order valence-corrected chi connectivity index (χ0v) is 27.4.